The third kappa shape index (κ3) is 5.79. The highest BCUT2D eigenvalue weighted by Gasteiger charge is 2.30. The number of amides is 1. The zero-order chi connectivity index (χ0) is 26.7. The number of hydrogen-bond acceptors (Lipinski definition) is 7. The maximum absolute atomic E-state index is 13.0. The lowest BCUT2D eigenvalue weighted by atomic mass is 9.99. The first-order valence-electron chi connectivity index (χ1n) is 11.4. The van der Waals surface area contributed by atoms with E-state index in [-0.39, 0.29) is 17.2 Å². The van der Waals surface area contributed by atoms with Crippen LogP contribution in [0.5, 0.6) is 0 Å². The van der Waals surface area contributed by atoms with E-state index in [0.29, 0.717) is 47.0 Å². The van der Waals surface area contributed by atoms with Crippen molar-refractivity contribution in [1.82, 2.24) is 4.90 Å². The maximum atomic E-state index is 13.0. The smallest absolute Gasteiger partial charge is 0.270 e. The van der Waals surface area contributed by atoms with E-state index in [0.717, 1.165) is 0 Å². The number of carbonyl (C=O) groups excluding carboxylic acids is 1. The molecule has 192 valence electrons. The van der Waals surface area contributed by atoms with Crippen LogP contribution in [0.15, 0.2) is 72.8 Å². The standard InChI is InChI=1S/C26H27N5O5S/c1-29(2)15-16-30(37(3,35)36)20-11-9-19(10-12-20)27-25(18-7-5-4-6-8-18)24-22-17-21(31(33)34)13-14-23(22)28-26(24)32/h4-14,17,27H,15-16H2,1-3H3,(H,28,32). The molecule has 10 nitrogen and oxygen atoms in total. The van der Waals surface area contributed by atoms with Crippen molar-refractivity contribution >= 4 is 50.0 Å². The summed E-state index contributed by atoms with van der Waals surface area (Å²) in [5.41, 5.74) is 3.37. The summed E-state index contributed by atoms with van der Waals surface area (Å²) in [4.78, 5) is 25.8. The van der Waals surface area contributed by atoms with E-state index in [9.17, 15) is 23.3 Å². The Morgan fingerprint density at radius 3 is 2.27 bits per heavy atom. The van der Waals surface area contributed by atoms with Gasteiger partial charge in [0.05, 0.1) is 28.1 Å². The maximum Gasteiger partial charge on any atom is 0.270 e. The van der Waals surface area contributed by atoms with Crippen molar-refractivity contribution in [2.45, 2.75) is 0 Å². The Labute approximate surface area is 215 Å². The summed E-state index contributed by atoms with van der Waals surface area (Å²) in [5, 5.41) is 17.4. The monoisotopic (exact) mass is 521 g/mol. The van der Waals surface area contributed by atoms with Gasteiger partial charge in [0.2, 0.25) is 10.0 Å². The molecule has 0 atom stereocenters. The second-order valence-electron chi connectivity index (χ2n) is 8.87. The van der Waals surface area contributed by atoms with Gasteiger partial charge in [-0.1, -0.05) is 30.3 Å². The van der Waals surface area contributed by atoms with Crippen LogP contribution in [0.4, 0.5) is 22.7 Å². The van der Waals surface area contributed by atoms with Gasteiger partial charge in [0.1, 0.15) is 0 Å². The van der Waals surface area contributed by atoms with Crippen LogP contribution in [0.2, 0.25) is 0 Å². The minimum atomic E-state index is -3.49. The largest absolute Gasteiger partial charge is 0.354 e. The number of nitrogens with one attached hydrogen (secondary N) is 2. The average molecular weight is 522 g/mol. The van der Waals surface area contributed by atoms with E-state index in [2.05, 4.69) is 10.6 Å². The third-order valence-corrected chi connectivity index (χ3v) is 7.04. The second-order valence-corrected chi connectivity index (χ2v) is 10.8. The van der Waals surface area contributed by atoms with Gasteiger partial charge in [-0.25, -0.2) is 8.42 Å². The molecule has 11 heteroatoms. The minimum absolute atomic E-state index is 0.122. The first-order valence-corrected chi connectivity index (χ1v) is 13.3. The second kappa shape index (κ2) is 10.4. The number of carbonyl (C=O) groups is 1. The molecule has 0 spiro atoms. The molecule has 0 radical (unpaired) electrons. The highest BCUT2D eigenvalue weighted by Crippen LogP contribution is 2.39. The molecule has 0 aliphatic carbocycles. The summed E-state index contributed by atoms with van der Waals surface area (Å²) in [5.74, 6) is -0.384. The molecular formula is C26H27N5O5S. The zero-order valence-electron chi connectivity index (χ0n) is 20.6. The number of anilines is 3. The molecule has 0 fully saturated rings. The number of rotatable bonds is 9. The summed E-state index contributed by atoms with van der Waals surface area (Å²) < 4.78 is 26.1. The van der Waals surface area contributed by atoms with Crippen LogP contribution in [-0.2, 0) is 14.8 Å². The van der Waals surface area contributed by atoms with Gasteiger partial charge in [0, 0.05) is 42.2 Å². The van der Waals surface area contributed by atoms with Gasteiger partial charge >= 0.3 is 0 Å². The molecule has 3 aromatic carbocycles. The van der Waals surface area contributed by atoms with Gasteiger partial charge in [0.25, 0.3) is 11.6 Å². The molecule has 1 heterocycles. The number of nitro benzene ring substituents is 1. The topological polar surface area (TPSA) is 125 Å². The fraction of sp³-hybridized carbons (Fsp3) is 0.192. The van der Waals surface area contributed by atoms with Crippen molar-refractivity contribution in [3.05, 3.63) is 94.0 Å². The van der Waals surface area contributed by atoms with Crippen molar-refractivity contribution in [3.63, 3.8) is 0 Å². The van der Waals surface area contributed by atoms with Crippen LogP contribution in [0.1, 0.15) is 11.1 Å². The Balaban J connectivity index is 1.76. The Kier molecular flexibility index (Phi) is 7.28. The molecule has 0 saturated carbocycles. The summed E-state index contributed by atoms with van der Waals surface area (Å²) in [7, 11) is 0.258. The molecule has 37 heavy (non-hydrogen) atoms. The quantitative estimate of drug-likeness (QED) is 0.249. The van der Waals surface area contributed by atoms with Crippen LogP contribution < -0.4 is 14.9 Å². The number of nitro groups is 1. The van der Waals surface area contributed by atoms with Gasteiger partial charge in [-0.05, 0) is 50.0 Å². The molecule has 4 rings (SSSR count). The van der Waals surface area contributed by atoms with E-state index < -0.39 is 14.9 Å². The molecule has 0 bridgehead atoms. The van der Waals surface area contributed by atoms with Gasteiger partial charge in [-0.2, -0.15) is 0 Å². The van der Waals surface area contributed by atoms with Gasteiger partial charge < -0.3 is 15.5 Å². The third-order valence-electron chi connectivity index (χ3n) is 5.85. The summed E-state index contributed by atoms with van der Waals surface area (Å²) in [6.45, 7) is 0.853. The molecule has 2 N–H and O–H groups in total. The van der Waals surface area contributed by atoms with Crippen LogP contribution in [0.3, 0.4) is 0 Å². The number of non-ortho nitro benzene ring substituents is 1. The van der Waals surface area contributed by atoms with E-state index in [1.165, 1.54) is 28.8 Å². The van der Waals surface area contributed by atoms with Crippen LogP contribution in [0.25, 0.3) is 11.3 Å². The number of benzene rings is 3. The first kappa shape index (κ1) is 25.9. The highest BCUT2D eigenvalue weighted by atomic mass is 32.2. The van der Waals surface area contributed by atoms with Crippen LogP contribution in [-0.4, -0.2) is 57.6 Å². The molecule has 0 unspecified atom stereocenters. The summed E-state index contributed by atoms with van der Waals surface area (Å²) in [6.07, 6.45) is 1.17. The molecular weight excluding hydrogens is 494 g/mol. The molecule has 1 amide bonds. The molecule has 0 saturated heterocycles. The average Bonchev–Trinajstić information content (AvgIpc) is 3.17. The van der Waals surface area contributed by atoms with Crippen molar-refractivity contribution in [3.8, 4) is 0 Å². The van der Waals surface area contributed by atoms with Crippen LogP contribution in [0, 0.1) is 10.1 Å². The molecule has 1 aliphatic heterocycles. The fourth-order valence-corrected chi connectivity index (χ4v) is 4.95. The molecule has 3 aromatic rings. The van der Waals surface area contributed by atoms with Gasteiger partial charge in [0.15, 0.2) is 0 Å². The van der Waals surface area contributed by atoms with Crippen molar-refractivity contribution in [2.75, 3.05) is 48.4 Å². The van der Waals surface area contributed by atoms with Gasteiger partial charge in [-0.3, -0.25) is 19.2 Å². The summed E-state index contributed by atoms with van der Waals surface area (Å²) in [6, 6.07) is 20.3. The molecule has 0 aromatic heterocycles. The Bertz CT molecular complexity index is 1470. The number of hydrogen-bond donors (Lipinski definition) is 2. The number of nitrogens with zero attached hydrogens (tertiary/aromatic N) is 3. The minimum Gasteiger partial charge on any atom is -0.354 e. The molecule has 1 aliphatic rings. The van der Waals surface area contributed by atoms with Crippen molar-refractivity contribution < 1.29 is 18.1 Å². The van der Waals surface area contributed by atoms with Gasteiger partial charge in [-0.15, -0.1) is 0 Å². The zero-order valence-corrected chi connectivity index (χ0v) is 21.5. The number of likely N-dealkylation sites (N-methyl/N-ethyl adjacent to an activating group) is 1. The Hall–Kier alpha value is -4.22. The van der Waals surface area contributed by atoms with Crippen LogP contribution >= 0.6 is 0 Å². The van der Waals surface area contributed by atoms with E-state index >= 15 is 0 Å². The fourth-order valence-electron chi connectivity index (χ4n) is 4.03. The normalized spacial score (nSPS) is 14.2. The number of sulfonamides is 1. The Morgan fingerprint density at radius 1 is 1.00 bits per heavy atom. The Morgan fingerprint density at radius 2 is 1.68 bits per heavy atom. The van der Waals surface area contributed by atoms with Crippen molar-refractivity contribution in [2.24, 2.45) is 0 Å². The lowest BCUT2D eigenvalue weighted by molar-refractivity contribution is -0.384. The lowest BCUT2D eigenvalue weighted by Gasteiger charge is -2.24. The predicted molar refractivity (Wildman–Crippen MR) is 146 cm³/mol. The van der Waals surface area contributed by atoms with Crippen molar-refractivity contribution in [1.29, 1.82) is 0 Å². The van der Waals surface area contributed by atoms with E-state index in [1.54, 1.807) is 24.3 Å². The SMILES string of the molecule is CN(C)CCN(c1ccc(NC(=C2C(=O)Nc3ccc([N+](=O)[O-])cc32)c2ccccc2)cc1)S(C)(=O)=O. The summed E-state index contributed by atoms with van der Waals surface area (Å²) >= 11 is 0. The van der Waals surface area contributed by atoms with E-state index in [1.807, 2.05) is 49.3 Å². The van der Waals surface area contributed by atoms with E-state index in [4.69, 9.17) is 0 Å². The predicted octanol–water partition coefficient (Wildman–Crippen LogP) is 3.85. The highest BCUT2D eigenvalue weighted by molar-refractivity contribution is 7.92. The lowest BCUT2D eigenvalue weighted by Crippen LogP contribution is -2.35. The first-order chi connectivity index (χ1) is 17.5. The number of fused-ring (bicyclic) bond motifs is 1.